The van der Waals surface area contributed by atoms with Crippen LogP contribution in [0, 0.1) is 11.6 Å². The van der Waals surface area contributed by atoms with Crippen LogP contribution in [-0.4, -0.2) is 189 Å². The van der Waals surface area contributed by atoms with Crippen molar-refractivity contribution in [3.8, 4) is 33.8 Å². The summed E-state index contributed by atoms with van der Waals surface area (Å²) >= 11 is 3.60. The molecule has 9 aromatic rings. The summed E-state index contributed by atoms with van der Waals surface area (Å²) in [6.45, 7) is 11.6. The Hall–Kier alpha value is -8.97. The largest absolute Gasteiger partial charge is 0.464 e. The first-order valence-corrected chi connectivity index (χ1v) is 35.9. The maximum atomic E-state index is 14.0. The number of likely N-dealkylation sites (tertiary alicyclic amines) is 3. The van der Waals surface area contributed by atoms with Crippen LogP contribution in [0.1, 0.15) is 68.1 Å². The topological polar surface area (TPSA) is 266 Å². The van der Waals surface area contributed by atoms with E-state index < -0.39 is 29.2 Å². The number of nitrogens with zero attached hydrogens (tertiary/aromatic N) is 6. The van der Waals surface area contributed by atoms with E-state index >= 15 is 0 Å². The lowest BCUT2D eigenvalue weighted by Gasteiger charge is -2.20. The Kier molecular flexibility index (Phi) is 27.3. The molecule has 0 saturated carbocycles. The van der Waals surface area contributed by atoms with Crippen molar-refractivity contribution < 1.29 is 57.1 Å². The predicted octanol–water partition coefficient (Wildman–Crippen LogP) is 11.9. The van der Waals surface area contributed by atoms with Gasteiger partial charge in [-0.15, -0.1) is 0 Å². The Bertz CT molecular complexity index is 4160. The molecule has 0 spiro atoms. The Morgan fingerprint density at radius 1 is 0.480 bits per heavy atom. The summed E-state index contributed by atoms with van der Waals surface area (Å²) in [6, 6.07) is 51.4. The average Bonchev–Trinajstić information content (AvgIpc) is 1.67. The minimum Gasteiger partial charge on any atom is -0.464 e. The second kappa shape index (κ2) is 36.8. The molecule has 6 amide bonds. The lowest BCUT2D eigenvalue weighted by atomic mass is 9.94. The molecule has 6 aromatic carbocycles. The number of rotatable bonds is 24. The molecule has 102 heavy (non-hydrogen) atoms. The maximum absolute atomic E-state index is 14.0. The highest BCUT2D eigenvalue weighted by Gasteiger charge is 2.38. The Morgan fingerprint density at radius 3 is 1.24 bits per heavy atom. The molecule has 12 rings (SSSR count). The molecule has 3 aromatic heterocycles. The molecule has 0 aliphatic carbocycles. The summed E-state index contributed by atoms with van der Waals surface area (Å²) in [6.07, 6.45) is 0. The zero-order valence-electron chi connectivity index (χ0n) is 57.6. The van der Waals surface area contributed by atoms with Crippen molar-refractivity contribution in [3.05, 3.63) is 213 Å². The minimum atomic E-state index is -1.10. The molecule has 0 unspecified atom stereocenters. The van der Waals surface area contributed by atoms with Crippen LogP contribution in [0.25, 0.3) is 33.8 Å². The Balaban J connectivity index is 0.000000165. The van der Waals surface area contributed by atoms with Crippen molar-refractivity contribution in [2.24, 2.45) is 0 Å². The molecule has 3 aliphatic rings. The number of methoxy groups -OCH3 is 4. The third kappa shape index (κ3) is 20.4. The molecular weight excluding hydrogens is 1360 g/mol. The Morgan fingerprint density at radius 2 is 0.853 bits per heavy atom. The number of aliphatic hydroxyl groups is 2. The van der Waals surface area contributed by atoms with E-state index in [0.717, 1.165) is 73.4 Å². The van der Waals surface area contributed by atoms with Gasteiger partial charge in [-0.2, -0.15) is 0 Å². The lowest BCUT2D eigenvalue weighted by molar-refractivity contribution is 0.0600. The summed E-state index contributed by atoms with van der Waals surface area (Å²) in [5.41, 5.74) is 6.19. The maximum Gasteiger partial charge on any atom is 0.367 e. The van der Waals surface area contributed by atoms with Crippen molar-refractivity contribution in [2.45, 2.75) is 61.9 Å². The number of nitrogens with one attached hydrogen (secondary N) is 6. The van der Waals surface area contributed by atoms with Crippen LogP contribution in [-0.2, 0) is 31.2 Å². The van der Waals surface area contributed by atoms with Crippen LogP contribution in [0.15, 0.2) is 170 Å². The SMILES string of the molecule is COCCN1C[C@@H](NC(=O)Nc2sc(C(=O)OC)nc2-c2ccccc2)[C@H](c2ccc(F)c(F)c2)C1.COCCN1C[C@@H](NC(=O)Nc2sc(C(C)(C)O)nc2-c2ccccc2)[C@H](c2ccccc2)C1.COCCN1C[C@@H](NC(=O)Nc2sc(CO)nc2-c2ccccc2)[C@H](c2ccccc2)C1. The molecule has 8 N–H and O–H groups in total. The second-order valence-corrected chi connectivity index (χ2v) is 28.3. The molecule has 538 valence electrons. The van der Waals surface area contributed by atoms with E-state index in [1.807, 2.05) is 127 Å². The first kappa shape index (κ1) is 75.7. The number of hydrogen-bond acceptors (Lipinski definition) is 19. The number of urea groups is 3. The zero-order valence-corrected chi connectivity index (χ0v) is 60.1. The summed E-state index contributed by atoms with van der Waals surface area (Å²) in [5.74, 6) is -2.33. The van der Waals surface area contributed by atoms with Crippen molar-refractivity contribution in [3.63, 3.8) is 0 Å². The van der Waals surface area contributed by atoms with Crippen LogP contribution >= 0.6 is 34.0 Å². The molecule has 3 saturated heterocycles. The van der Waals surface area contributed by atoms with Crippen LogP contribution in [0.3, 0.4) is 0 Å². The van der Waals surface area contributed by atoms with Gasteiger partial charge in [-0.05, 0) is 42.7 Å². The van der Waals surface area contributed by atoms with Crippen LogP contribution < -0.4 is 31.9 Å². The van der Waals surface area contributed by atoms with Crippen LogP contribution in [0.5, 0.6) is 0 Å². The molecule has 3 fully saturated rings. The molecule has 22 nitrogen and oxygen atoms in total. The van der Waals surface area contributed by atoms with Crippen molar-refractivity contribution in [1.82, 2.24) is 45.6 Å². The summed E-state index contributed by atoms with van der Waals surface area (Å²) in [5, 5.41) is 41.0. The van der Waals surface area contributed by atoms with Gasteiger partial charge in [-0.25, -0.2) is 42.9 Å². The van der Waals surface area contributed by atoms with Gasteiger partial charge in [-0.1, -0.05) is 192 Å². The second-order valence-electron chi connectivity index (χ2n) is 25.2. The lowest BCUT2D eigenvalue weighted by Crippen LogP contribution is -2.42. The van der Waals surface area contributed by atoms with Gasteiger partial charge in [-0.3, -0.25) is 30.7 Å². The fourth-order valence-electron chi connectivity index (χ4n) is 12.5. The first-order chi connectivity index (χ1) is 49.4. The highest BCUT2D eigenvalue weighted by atomic mass is 32.1. The monoisotopic (exact) mass is 1450 g/mol. The van der Waals surface area contributed by atoms with Crippen molar-refractivity contribution in [1.29, 1.82) is 0 Å². The van der Waals surface area contributed by atoms with Gasteiger partial charge < -0.3 is 45.1 Å². The van der Waals surface area contributed by atoms with Crippen LogP contribution in [0.2, 0.25) is 0 Å². The summed E-state index contributed by atoms with van der Waals surface area (Å²) in [7, 11) is 6.27. The standard InChI is InChI=1S/C26H32N4O3S.C25H26F2N4O4S.C24H28N4O3S/c1-26(2,32)24-28-22(19-12-8-5-9-13-19)23(34-24)29-25(31)27-21-17-30(14-15-33-3)16-20(21)18-10-6-4-7-11-18;1-34-11-10-31-13-17(16-8-9-18(26)19(27)12-16)20(14-31)28-25(33)30-22-21(15-6-4-3-5-7-15)29-23(36-22)24(32)35-2;1-31-13-12-28-14-19(17-8-4-2-5-9-17)20(15-28)25-24(30)27-23-22(26-21(16-29)32-23)18-10-6-3-7-11-18/h4-13,20-21,32H,14-17H2,1-3H3,(H2,27,29,31);3-9,12,17,20H,10-11,13-14H2,1-2H3,(H2,28,30,33);2-11,19-20,29H,12-16H2,1H3,(H2,25,27,30)/t20-,21+;17-,20+;19-,20+/m000/s1. The number of amides is 6. The number of aromatic nitrogens is 3. The summed E-state index contributed by atoms with van der Waals surface area (Å²) < 4.78 is 47.9. The average molecular weight is 1450 g/mol. The van der Waals surface area contributed by atoms with Crippen molar-refractivity contribution in [2.75, 3.05) is 123 Å². The predicted molar refractivity (Wildman–Crippen MR) is 395 cm³/mol. The van der Waals surface area contributed by atoms with Gasteiger partial charge >= 0.3 is 24.1 Å². The number of carbonyl (C=O) groups is 4. The molecule has 27 heteroatoms. The van der Waals surface area contributed by atoms with Gasteiger partial charge in [0.15, 0.2) is 11.6 Å². The number of ether oxygens (including phenoxy) is 4. The van der Waals surface area contributed by atoms with Gasteiger partial charge in [0.05, 0.1) is 51.7 Å². The van der Waals surface area contributed by atoms with E-state index in [9.17, 15) is 38.2 Å². The highest BCUT2D eigenvalue weighted by molar-refractivity contribution is 7.18. The quantitative estimate of drug-likeness (QED) is 0.0261. The fraction of sp³-hybridized carbons (Fsp3) is 0.347. The van der Waals surface area contributed by atoms with Gasteiger partial charge in [0.25, 0.3) is 0 Å². The molecule has 0 radical (unpaired) electrons. The number of esters is 1. The van der Waals surface area contributed by atoms with E-state index in [0.29, 0.717) is 87.1 Å². The number of halogens is 2. The molecule has 6 atom stereocenters. The molecule has 6 heterocycles. The van der Waals surface area contributed by atoms with Gasteiger partial charge in [0.2, 0.25) is 5.01 Å². The minimum absolute atomic E-state index is 0.0281. The number of benzene rings is 6. The van der Waals surface area contributed by atoms with Gasteiger partial charge in [0.1, 0.15) is 47.7 Å². The molecule has 0 bridgehead atoms. The normalized spacial score (nSPS) is 18.3. The van der Waals surface area contributed by atoms with E-state index in [-0.39, 0.29) is 59.6 Å². The molecular formula is C75H86F2N12O10S3. The number of anilines is 3. The van der Waals surface area contributed by atoms with E-state index in [2.05, 4.69) is 85.8 Å². The number of hydrogen-bond donors (Lipinski definition) is 8. The van der Waals surface area contributed by atoms with E-state index in [1.165, 1.54) is 53.0 Å². The summed E-state index contributed by atoms with van der Waals surface area (Å²) in [4.78, 5) is 71.6. The Labute approximate surface area is 604 Å². The zero-order chi connectivity index (χ0) is 72.1. The fourth-order valence-corrected chi connectivity index (χ4v) is 15.2. The smallest absolute Gasteiger partial charge is 0.367 e. The van der Waals surface area contributed by atoms with Gasteiger partial charge in [0, 0.05) is 115 Å². The third-order valence-corrected chi connectivity index (χ3v) is 20.8. The van der Waals surface area contributed by atoms with E-state index in [1.54, 1.807) is 35.2 Å². The van der Waals surface area contributed by atoms with Crippen LogP contribution in [0.4, 0.5) is 38.2 Å². The number of carbonyl (C=O) groups excluding carboxylic acids is 4. The first-order valence-electron chi connectivity index (χ1n) is 33.4. The molecule has 3 aliphatic heterocycles. The number of thiazole rings is 3. The van der Waals surface area contributed by atoms with E-state index in [4.69, 9.17) is 18.9 Å². The third-order valence-electron chi connectivity index (χ3n) is 17.6. The van der Waals surface area contributed by atoms with Crippen molar-refractivity contribution >= 4 is 73.1 Å². The highest BCUT2D eigenvalue weighted by Crippen LogP contribution is 2.40. The number of aliphatic hydroxyl groups excluding tert-OH is 1.